The Bertz CT molecular complexity index is 334. The Morgan fingerprint density at radius 3 is 2.37 bits per heavy atom. The number of benzene rings is 1. The number of nitrogens with one attached hydrogen (secondary N) is 1. The van der Waals surface area contributed by atoms with Crippen molar-refractivity contribution >= 4 is 0 Å². The van der Waals surface area contributed by atoms with Gasteiger partial charge in [0.15, 0.2) is 0 Å². The van der Waals surface area contributed by atoms with Crippen molar-refractivity contribution in [1.29, 1.82) is 0 Å². The predicted octanol–water partition coefficient (Wildman–Crippen LogP) is 4.56. The van der Waals surface area contributed by atoms with Crippen LogP contribution in [0.1, 0.15) is 52.0 Å². The largest absolute Gasteiger partial charge is 0.314 e. The van der Waals surface area contributed by atoms with E-state index in [1.165, 1.54) is 24.8 Å². The van der Waals surface area contributed by atoms with Gasteiger partial charge < -0.3 is 5.32 Å². The van der Waals surface area contributed by atoms with Crippen molar-refractivity contribution in [2.45, 2.75) is 58.9 Å². The smallest absolute Gasteiger partial charge is 0.123 e. The molecule has 0 fully saturated rings. The van der Waals surface area contributed by atoms with E-state index in [0.29, 0.717) is 6.04 Å². The summed E-state index contributed by atoms with van der Waals surface area (Å²) in [5.74, 6) is 0.598. The average molecular weight is 265 g/mol. The molecule has 0 aliphatic carbocycles. The fourth-order valence-electron chi connectivity index (χ4n) is 2.59. The molecule has 1 N–H and O–H groups in total. The monoisotopic (exact) mass is 265 g/mol. The lowest BCUT2D eigenvalue weighted by Crippen LogP contribution is -2.33. The molecule has 19 heavy (non-hydrogen) atoms. The summed E-state index contributed by atoms with van der Waals surface area (Å²) in [5.41, 5.74) is 1.22. The van der Waals surface area contributed by atoms with Gasteiger partial charge in [0.25, 0.3) is 0 Å². The summed E-state index contributed by atoms with van der Waals surface area (Å²) in [5, 5.41) is 3.63. The first-order chi connectivity index (χ1) is 9.15. The van der Waals surface area contributed by atoms with Crippen LogP contribution in [-0.2, 0) is 6.42 Å². The first-order valence-corrected chi connectivity index (χ1v) is 7.63. The molecule has 0 amide bonds. The highest BCUT2D eigenvalue weighted by Gasteiger charge is 2.13. The Hall–Kier alpha value is -0.890. The van der Waals surface area contributed by atoms with Gasteiger partial charge in [0, 0.05) is 6.04 Å². The molecule has 1 aromatic rings. The minimum absolute atomic E-state index is 0.152. The second-order valence-electron chi connectivity index (χ2n) is 5.61. The van der Waals surface area contributed by atoms with E-state index in [9.17, 15) is 4.39 Å². The molecule has 0 saturated heterocycles. The van der Waals surface area contributed by atoms with Gasteiger partial charge >= 0.3 is 0 Å². The Balaban J connectivity index is 2.54. The first-order valence-electron chi connectivity index (χ1n) is 7.63. The molecule has 0 aromatic heterocycles. The van der Waals surface area contributed by atoms with Gasteiger partial charge in [0.2, 0.25) is 0 Å². The van der Waals surface area contributed by atoms with Crippen molar-refractivity contribution in [3.05, 3.63) is 35.6 Å². The van der Waals surface area contributed by atoms with E-state index in [1.54, 1.807) is 12.1 Å². The van der Waals surface area contributed by atoms with E-state index >= 15 is 0 Å². The highest BCUT2D eigenvalue weighted by Crippen LogP contribution is 2.16. The highest BCUT2D eigenvalue weighted by atomic mass is 19.1. The molecule has 0 heterocycles. The van der Waals surface area contributed by atoms with Crippen LogP contribution in [0.5, 0.6) is 0 Å². The zero-order valence-electron chi connectivity index (χ0n) is 12.6. The first kappa shape index (κ1) is 16.2. The lowest BCUT2D eigenvalue weighted by molar-refractivity contribution is 0.380. The van der Waals surface area contributed by atoms with Crippen LogP contribution in [0.2, 0.25) is 0 Å². The zero-order chi connectivity index (χ0) is 14.1. The third kappa shape index (κ3) is 6.72. The molecule has 1 nitrogen and oxygen atoms in total. The Kier molecular flexibility index (Phi) is 7.73. The SMILES string of the molecule is CCCNC(Cc1ccc(F)cc1)CC(C)CCC. The standard InChI is InChI=1S/C17H28FN/c1-4-6-14(3)12-17(19-11-5-2)13-15-7-9-16(18)10-8-15/h7-10,14,17,19H,4-6,11-13H2,1-3H3. The summed E-state index contributed by atoms with van der Waals surface area (Å²) in [4.78, 5) is 0. The van der Waals surface area contributed by atoms with Crippen LogP contribution in [0, 0.1) is 11.7 Å². The zero-order valence-corrected chi connectivity index (χ0v) is 12.6. The van der Waals surface area contributed by atoms with E-state index < -0.39 is 0 Å². The molecule has 0 spiro atoms. The van der Waals surface area contributed by atoms with Gasteiger partial charge in [-0.2, -0.15) is 0 Å². The fourth-order valence-corrected chi connectivity index (χ4v) is 2.59. The Morgan fingerprint density at radius 2 is 1.79 bits per heavy atom. The predicted molar refractivity (Wildman–Crippen MR) is 80.9 cm³/mol. The van der Waals surface area contributed by atoms with Gasteiger partial charge in [0.1, 0.15) is 5.82 Å². The molecule has 2 heteroatoms. The second-order valence-corrected chi connectivity index (χ2v) is 5.61. The van der Waals surface area contributed by atoms with Crippen molar-refractivity contribution < 1.29 is 4.39 Å². The minimum Gasteiger partial charge on any atom is -0.314 e. The summed E-state index contributed by atoms with van der Waals surface area (Å²) in [6.45, 7) is 7.82. The third-order valence-electron chi connectivity index (χ3n) is 3.55. The number of hydrogen-bond acceptors (Lipinski definition) is 1. The molecular weight excluding hydrogens is 237 g/mol. The third-order valence-corrected chi connectivity index (χ3v) is 3.55. The van der Waals surface area contributed by atoms with Crippen LogP contribution in [0.4, 0.5) is 4.39 Å². The van der Waals surface area contributed by atoms with Gasteiger partial charge in [-0.05, 0) is 49.4 Å². The van der Waals surface area contributed by atoms with E-state index in [2.05, 4.69) is 26.1 Å². The van der Waals surface area contributed by atoms with Crippen LogP contribution in [0.3, 0.4) is 0 Å². The summed E-state index contributed by atoms with van der Waals surface area (Å²) in [6.07, 6.45) is 5.88. The van der Waals surface area contributed by atoms with Crippen molar-refractivity contribution in [1.82, 2.24) is 5.32 Å². The molecule has 0 aliphatic rings. The number of hydrogen-bond donors (Lipinski definition) is 1. The van der Waals surface area contributed by atoms with Gasteiger partial charge in [-0.3, -0.25) is 0 Å². The molecule has 0 aliphatic heterocycles. The average Bonchev–Trinajstić information content (AvgIpc) is 2.39. The van der Waals surface area contributed by atoms with Crippen LogP contribution >= 0.6 is 0 Å². The van der Waals surface area contributed by atoms with Crippen molar-refractivity contribution in [3.8, 4) is 0 Å². The highest BCUT2D eigenvalue weighted by molar-refractivity contribution is 5.17. The minimum atomic E-state index is -0.152. The van der Waals surface area contributed by atoms with Crippen LogP contribution in [-0.4, -0.2) is 12.6 Å². The number of rotatable bonds is 9. The molecule has 2 atom stereocenters. The molecule has 0 bridgehead atoms. The van der Waals surface area contributed by atoms with E-state index in [4.69, 9.17) is 0 Å². The summed E-state index contributed by atoms with van der Waals surface area (Å²) in [7, 11) is 0. The van der Waals surface area contributed by atoms with Gasteiger partial charge in [-0.1, -0.05) is 45.7 Å². The quantitative estimate of drug-likeness (QED) is 0.690. The molecule has 1 aromatic carbocycles. The summed E-state index contributed by atoms with van der Waals surface area (Å²) < 4.78 is 12.9. The molecule has 108 valence electrons. The van der Waals surface area contributed by atoms with Gasteiger partial charge in [-0.15, -0.1) is 0 Å². The maximum Gasteiger partial charge on any atom is 0.123 e. The Morgan fingerprint density at radius 1 is 1.11 bits per heavy atom. The fraction of sp³-hybridized carbons (Fsp3) is 0.647. The van der Waals surface area contributed by atoms with Crippen molar-refractivity contribution in [2.24, 2.45) is 5.92 Å². The van der Waals surface area contributed by atoms with E-state index in [0.717, 1.165) is 25.3 Å². The van der Waals surface area contributed by atoms with E-state index in [1.807, 2.05) is 12.1 Å². The van der Waals surface area contributed by atoms with E-state index in [-0.39, 0.29) is 5.82 Å². The molecule has 2 unspecified atom stereocenters. The van der Waals surface area contributed by atoms with Crippen LogP contribution in [0.15, 0.2) is 24.3 Å². The van der Waals surface area contributed by atoms with Gasteiger partial charge in [-0.25, -0.2) is 4.39 Å². The molecule has 1 rings (SSSR count). The lowest BCUT2D eigenvalue weighted by atomic mass is 9.93. The summed E-state index contributed by atoms with van der Waals surface area (Å²) >= 11 is 0. The van der Waals surface area contributed by atoms with Crippen molar-refractivity contribution in [2.75, 3.05) is 6.54 Å². The lowest BCUT2D eigenvalue weighted by Gasteiger charge is -2.22. The molecular formula is C17H28FN. The second kappa shape index (κ2) is 9.08. The van der Waals surface area contributed by atoms with Gasteiger partial charge in [0.05, 0.1) is 0 Å². The maximum absolute atomic E-state index is 12.9. The molecule has 0 saturated carbocycles. The topological polar surface area (TPSA) is 12.0 Å². The number of halogens is 1. The van der Waals surface area contributed by atoms with Crippen LogP contribution < -0.4 is 5.32 Å². The maximum atomic E-state index is 12.9. The molecule has 0 radical (unpaired) electrons. The summed E-state index contributed by atoms with van der Waals surface area (Å²) in [6, 6.07) is 7.43. The van der Waals surface area contributed by atoms with Crippen molar-refractivity contribution in [3.63, 3.8) is 0 Å². The Labute approximate surface area is 117 Å². The van der Waals surface area contributed by atoms with Crippen LogP contribution in [0.25, 0.3) is 0 Å². The normalized spacial score (nSPS) is 14.3.